The topological polar surface area (TPSA) is 81.4 Å². The molecule has 0 saturated carbocycles. The highest BCUT2D eigenvalue weighted by molar-refractivity contribution is 7.88. The summed E-state index contributed by atoms with van der Waals surface area (Å²) in [6.07, 6.45) is 1.70. The van der Waals surface area contributed by atoms with Gasteiger partial charge in [0, 0.05) is 18.2 Å². The summed E-state index contributed by atoms with van der Waals surface area (Å²) in [7, 11) is -3.36. The summed E-state index contributed by atoms with van der Waals surface area (Å²) >= 11 is 4.86. The van der Waals surface area contributed by atoms with Crippen LogP contribution in [0, 0.1) is 0 Å². The number of benzene rings is 1. The minimum Gasteiger partial charge on any atom is -0.389 e. The molecule has 5 nitrogen and oxygen atoms in total. The van der Waals surface area contributed by atoms with Gasteiger partial charge in [-0.25, -0.2) is 13.1 Å². The van der Waals surface area contributed by atoms with E-state index >= 15 is 0 Å². The van der Waals surface area contributed by atoms with E-state index in [4.69, 9.17) is 22.7 Å². The monoisotopic (exact) mass is 314 g/mol. The maximum atomic E-state index is 12.1. The van der Waals surface area contributed by atoms with Gasteiger partial charge < -0.3 is 10.5 Å². The van der Waals surface area contributed by atoms with E-state index in [-0.39, 0.29) is 11.8 Å². The fourth-order valence-electron chi connectivity index (χ4n) is 2.11. The molecule has 1 unspecified atom stereocenters. The minimum absolute atomic E-state index is 0.0545. The van der Waals surface area contributed by atoms with Crippen LogP contribution < -0.4 is 10.5 Å². The van der Waals surface area contributed by atoms with Crippen LogP contribution in [0.1, 0.15) is 24.0 Å². The van der Waals surface area contributed by atoms with Crippen LogP contribution in [0.2, 0.25) is 0 Å². The largest absolute Gasteiger partial charge is 0.389 e. The zero-order chi connectivity index (χ0) is 14.6. The van der Waals surface area contributed by atoms with Gasteiger partial charge in [0.25, 0.3) is 0 Å². The van der Waals surface area contributed by atoms with Crippen molar-refractivity contribution < 1.29 is 13.2 Å². The Morgan fingerprint density at radius 3 is 2.65 bits per heavy atom. The summed E-state index contributed by atoms with van der Waals surface area (Å²) in [5.41, 5.74) is 6.94. The highest BCUT2D eigenvalue weighted by Gasteiger charge is 2.20. The van der Waals surface area contributed by atoms with Crippen molar-refractivity contribution in [3.63, 3.8) is 0 Å². The van der Waals surface area contributed by atoms with E-state index < -0.39 is 10.0 Å². The van der Waals surface area contributed by atoms with Gasteiger partial charge in [-0.15, -0.1) is 0 Å². The van der Waals surface area contributed by atoms with Crippen LogP contribution in [0.15, 0.2) is 24.3 Å². The van der Waals surface area contributed by atoms with Crippen molar-refractivity contribution >= 4 is 27.2 Å². The predicted molar refractivity (Wildman–Crippen MR) is 81.9 cm³/mol. The molecular formula is C13H18N2O3S2. The minimum atomic E-state index is -3.36. The molecule has 2 rings (SSSR count). The molecule has 0 spiro atoms. The van der Waals surface area contributed by atoms with Gasteiger partial charge in [0.05, 0.1) is 12.4 Å². The third kappa shape index (κ3) is 4.52. The van der Waals surface area contributed by atoms with Gasteiger partial charge >= 0.3 is 0 Å². The molecule has 7 heteroatoms. The second-order valence-electron chi connectivity index (χ2n) is 4.85. The second-order valence-corrected chi connectivity index (χ2v) is 7.05. The first-order chi connectivity index (χ1) is 9.46. The number of nitrogens with one attached hydrogen (secondary N) is 1. The molecule has 1 aromatic rings. The Hall–Kier alpha value is -1.02. The Morgan fingerprint density at radius 2 is 2.10 bits per heavy atom. The Bertz CT molecular complexity index is 564. The van der Waals surface area contributed by atoms with E-state index in [0.29, 0.717) is 23.8 Å². The van der Waals surface area contributed by atoms with Crippen LogP contribution in [0.4, 0.5) is 0 Å². The maximum absolute atomic E-state index is 12.1. The molecule has 1 aliphatic heterocycles. The lowest BCUT2D eigenvalue weighted by Gasteiger charge is -2.22. The first kappa shape index (κ1) is 15.4. The van der Waals surface area contributed by atoms with Crippen molar-refractivity contribution in [3.8, 4) is 0 Å². The lowest BCUT2D eigenvalue weighted by molar-refractivity contribution is 0.0774. The van der Waals surface area contributed by atoms with E-state index in [2.05, 4.69) is 4.72 Å². The fraction of sp³-hybridized carbons (Fsp3) is 0.462. The van der Waals surface area contributed by atoms with Gasteiger partial charge in [-0.3, -0.25) is 0 Å². The molecule has 20 heavy (non-hydrogen) atoms. The number of ether oxygens (including phenoxy) is 1. The molecule has 0 aromatic heterocycles. The number of rotatable bonds is 5. The normalized spacial score (nSPS) is 19.7. The average molecular weight is 314 g/mol. The molecule has 3 N–H and O–H groups in total. The Balaban J connectivity index is 1.98. The fourth-order valence-corrected chi connectivity index (χ4v) is 3.66. The molecule has 0 amide bonds. The summed E-state index contributed by atoms with van der Waals surface area (Å²) < 4.78 is 32.1. The van der Waals surface area contributed by atoms with Crippen molar-refractivity contribution in [1.29, 1.82) is 0 Å². The van der Waals surface area contributed by atoms with Gasteiger partial charge in [-0.1, -0.05) is 36.5 Å². The lowest BCUT2D eigenvalue weighted by Crippen LogP contribution is -2.41. The van der Waals surface area contributed by atoms with E-state index in [1.807, 2.05) is 0 Å². The molecule has 0 bridgehead atoms. The number of hydrogen-bond acceptors (Lipinski definition) is 4. The third-order valence-electron chi connectivity index (χ3n) is 3.10. The number of sulfonamides is 1. The van der Waals surface area contributed by atoms with Crippen LogP contribution in [0.3, 0.4) is 0 Å². The second kappa shape index (κ2) is 6.62. The quantitative estimate of drug-likeness (QED) is 0.790. The Kier molecular flexibility index (Phi) is 5.09. The van der Waals surface area contributed by atoms with Crippen LogP contribution in [-0.4, -0.2) is 32.7 Å². The highest BCUT2D eigenvalue weighted by Crippen LogP contribution is 2.11. The lowest BCUT2D eigenvalue weighted by atomic mass is 10.1. The maximum Gasteiger partial charge on any atom is 0.216 e. The summed E-state index contributed by atoms with van der Waals surface area (Å²) in [6, 6.07) is 6.80. The zero-order valence-electron chi connectivity index (χ0n) is 11.0. The molecule has 1 fully saturated rings. The number of thiocarbonyl (C=S) groups is 1. The molecule has 0 aliphatic carbocycles. The molecule has 0 radical (unpaired) electrons. The van der Waals surface area contributed by atoms with E-state index in [1.165, 1.54) is 0 Å². The first-order valence-corrected chi connectivity index (χ1v) is 8.49. The zero-order valence-corrected chi connectivity index (χ0v) is 12.7. The summed E-state index contributed by atoms with van der Waals surface area (Å²) in [5, 5.41) is 0. The average Bonchev–Trinajstić information content (AvgIpc) is 2.39. The molecule has 1 heterocycles. The van der Waals surface area contributed by atoms with Gasteiger partial charge in [-0.05, 0) is 18.4 Å². The highest BCUT2D eigenvalue weighted by atomic mass is 32.2. The smallest absolute Gasteiger partial charge is 0.216 e. The number of hydrogen-bond donors (Lipinski definition) is 2. The summed E-state index contributed by atoms with van der Waals surface area (Å²) in [5.74, 6) is -0.0545. The SMILES string of the molecule is NC(=S)c1ccc(CS(=O)(=O)NC2CCCOC2)cc1. The first-order valence-electron chi connectivity index (χ1n) is 6.43. The van der Waals surface area contributed by atoms with Crippen molar-refractivity contribution in [2.24, 2.45) is 5.73 Å². The van der Waals surface area contributed by atoms with Crippen molar-refractivity contribution in [2.45, 2.75) is 24.6 Å². The van der Waals surface area contributed by atoms with Gasteiger partial charge in [-0.2, -0.15) is 0 Å². The van der Waals surface area contributed by atoms with Crippen molar-refractivity contribution in [3.05, 3.63) is 35.4 Å². The van der Waals surface area contributed by atoms with Crippen LogP contribution in [0.5, 0.6) is 0 Å². The molecular weight excluding hydrogens is 296 g/mol. The molecule has 1 atom stereocenters. The van der Waals surface area contributed by atoms with Gasteiger partial charge in [0.2, 0.25) is 10.0 Å². The van der Waals surface area contributed by atoms with E-state index in [9.17, 15) is 8.42 Å². The standard InChI is InChI=1S/C13H18N2O3S2/c14-13(19)11-5-3-10(4-6-11)9-20(16,17)15-12-2-1-7-18-8-12/h3-6,12,15H,1-2,7-9H2,(H2,14,19). The number of nitrogens with two attached hydrogens (primary N) is 1. The predicted octanol–water partition coefficient (Wildman–Crippen LogP) is 0.919. The molecule has 1 saturated heterocycles. The van der Waals surface area contributed by atoms with E-state index in [0.717, 1.165) is 18.4 Å². The van der Waals surface area contributed by atoms with Crippen LogP contribution >= 0.6 is 12.2 Å². The van der Waals surface area contributed by atoms with E-state index in [1.54, 1.807) is 24.3 Å². The Labute approximate surface area is 124 Å². The third-order valence-corrected chi connectivity index (χ3v) is 4.74. The van der Waals surface area contributed by atoms with Gasteiger partial charge in [0.1, 0.15) is 4.99 Å². The molecule has 1 aromatic carbocycles. The molecule has 110 valence electrons. The summed E-state index contributed by atoms with van der Waals surface area (Å²) in [6.45, 7) is 1.15. The van der Waals surface area contributed by atoms with Crippen LogP contribution in [0.25, 0.3) is 0 Å². The molecule has 1 aliphatic rings. The Morgan fingerprint density at radius 1 is 1.40 bits per heavy atom. The van der Waals surface area contributed by atoms with Gasteiger partial charge in [0.15, 0.2) is 0 Å². The van der Waals surface area contributed by atoms with Crippen LogP contribution in [-0.2, 0) is 20.5 Å². The van der Waals surface area contributed by atoms with Crippen molar-refractivity contribution in [2.75, 3.05) is 13.2 Å². The van der Waals surface area contributed by atoms with Crippen molar-refractivity contribution in [1.82, 2.24) is 4.72 Å². The summed E-state index contributed by atoms with van der Waals surface area (Å²) in [4.78, 5) is 0.303.